The summed E-state index contributed by atoms with van der Waals surface area (Å²) in [4.78, 5) is 24.4. The normalized spacial score (nSPS) is 17.3. The molecule has 1 aliphatic rings. The van der Waals surface area contributed by atoms with E-state index in [1.807, 2.05) is 6.07 Å². The minimum absolute atomic E-state index is 0.0635. The molecule has 0 bridgehead atoms. The van der Waals surface area contributed by atoms with E-state index in [4.69, 9.17) is 9.47 Å². The number of benzene rings is 2. The Balaban J connectivity index is 1.74. The summed E-state index contributed by atoms with van der Waals surface area (Å²) >= 11 is 0. The molecule has 1 fully saturated rings. The van der Waals surface area contributed by atoms with Gasteiger partial charge in [0, 0.05) is 43.5 Å². The van der Waals surface area contributed by atoms with Gasteiger partial charge in [0.2, 0.25) is 0 Å². The first-order valence-corrected chi connectivity index (χ1v) is 13.5. The molecule has 1 heterocycles. The summed E-state index contributed by atoms with van der Waals surface area (Å²) in [6, 6.07) is 9.57. The van der Waals surface area contributed by atoms with Crippen LogP contribution in [0.4, 0.5) is 9.18 Å². The standard InChI is InChI=1S/C31H38FN3O5/c1-18-13-21(32)14-19(2)29(18)40-26-12-7-20(31(3,4)38)15-24(26)25-17-35(6)28(36)16-27(25)39-23-10-8-22(9-11-23)34-30(37)33-5/h7,12-17,22-23,38H,8-11H2,1-6H3,(H2,33,34,37). The van der Waals surface area contributed by atoms with Crippen molar-refractivity contribution < 1.29 is 23.8 Å². The van der Waals surface area contributed by atoms with Crippen molar-refractivity contribution >= 4 is 6.03 Å². The van der Waals surface area contributed by atoms with Gasteiger partial charge in [0.05, 0.1) is 11.7 Å². The molecular formula is C31H38FN3O5. The van der Waals surface area contributed by atoms with Gasteiger partial charge >= 0.3 is 6.03 Å². The van der Waals surface area contributed by atoms with Gasteiger partial charge in [0.25, 0.3) is 5.56 Å². The van der Waals surface area contributed by atoms with Crippen LogP contribution in [0.15, 0.2) is 47.4 Å². The Morgan fingerprint density at radius 2 is 1.68 bits per heavy atom. The molecule has 3 aromatic rings. The molecule has 1 saturated carbocycles. The SMILES string of the molecule is CNC(=O)NC1CCC(Oc2cc(=O)n(C)cc2-c2cc(C(C)(C)O)ccc2Oc2c(C)cc(F)cc2C)CC1. The fourth-order valence-corrected chi connectivity index (χ4v) is 5.05. The number of ether oxygens (including phenoxy) is 2. The van der Waals surface area contributed by atoms with Crippen molar-refractivity contribution in [3.8, 4) is 28.4 Å². The maximum absolute atomic E-state index is 14.0. The number of aliphatic hydroxyl groups is 1. The number of hydrogen-bond donors (Lipinski definition) is 3. The van der Waals surface area contributed by atoms with Crippen molar-refractivity contribution in [2.24, 2.45) is 7.05 Å². The van der Waals surface area contributed by atoms with Crippen molar-refractivity contribution in [1.29, 1.82) is 0 Å². The number of urea groups is 1. The number of aryl methyl sites for hydroxylation is 3. The van der Waals surface area contributed by atoms with Gasteiger partial charge in [-0.15, -0.1) is 0 Å². The lowest BCUT2D eigenvalue weighted by Crippen LogP contribution is -2.43. The van der Waals surface area contributed by atoms with E-state index < -0.39 is 5.60 Å². The number of amides is 2. The lowest BCUT2D eigenvalue weighted by Gasteiger charge is -2.30. The summed E-state index contributed by atoms with van der Waals surface area (Å²) in [5.74, 6) is 1.09. The second kappa shape index (κ2) is 11.7. The predicted molar refractivity (Wildman–Crippen MR) is 153 cm³/mol. The molecule has 2 aromatic carbocycles. The Labute approximate surface area is 234 Å². The number of rotatable bonds is 7. The number of nitrogens with one attached hydrogen (secondary N) is 2. The number of nitrogens with zero attached hydrogens (tertiary/aromatic N) is 1. The monoisotopic (exact) mass is 551 g/mol. The fraction of sp³-hybridized carbons (Fsp3) is 0.419. The van der Waals surface area contributed by atoms with Crippen LogP contribution in [0.3, 0.4) is 0 Å². The second-order valence-corrected chi connectivity index (χ2v) is 11.1. The zero-order valence-corrected chi connectivity index (χ0v) is 23.9. The molecule has 0 saturated heterocycles. The molecule has 4 rings (SSSR count). The molecule has 0 atom stereocenters. The quantitative estimate of drug-likeness (QED) is 0.363. The van der Waals surface area contributed by atoms with Crippen LogP contribution in [0.2, 0.25) is 0 Å². The van der Waals surface area contributed by atoms with Crippen LogP contribution in [0, 0.1) is 19.7 Å². The Bertz CT molecular complexity index is 1430. The van der Waals surface area contributed by atoms with Crippen molar-refractivity contribution in [1.82, 2.24) is 15.2 Å². The number of pyridine rings is 1. The molecule has 0 spiro atoms. The number of aromatic nitrogens is 1. The van der Waals surface area contributed by atoms with Crippen molar-refractivity contribution in [2.45, 2.75) is 71.1 Å². The van der Waals surface area contributed by atoms with E-state index in [0.29, 0.717) is 57.9 Å². The van der Waals surface area contributed by atoms with Gasteiger partial charge in [-0.25, -0.2) is 9.18 Å². The summed E-state index contributed by atoms with van der Waals surface area (Å²) in [7, 11) is 3.25. The van der Waals surface area contributed by atoms with Crippen LogP contribution >= 0.6 is 0 Å². The van der Waals surface area contributed by atoms with E-state index in [1.54, 1.807) is 60.1 Å². The maximum Gasteiger partial charge on any atom is 0.314 e. The Morgan fingerprint density at radius 3 is 2.27 bits per heavy atom. The minimum atomic E-state index is -1.13. The predicted octanol–water partition coefficient (Wildman–Crippen LogP) is 5.45. The smallest absolute Gasteiger partial charge is 0.314 e. The lowest BCUT2D eigenvalue weighted by molar-refractivity contribution is 0.0786. The van der Waals surface area contributed by atoms with Crippen LogP contribution in [0.1, 0.15) is 56.2 Å². The average Bonchev–Trinajstić information content (AvgIpc) is 2.88. The van der Waals surface area contributed by atoms with E-state index >= 15 is 0 Å². The van der Waals surface area contributed by atoms with Crippen LogP contribution in [-0.2, 0) is 12.6 Å². The van der Waals surface area contributed by atoms with E-state index in [1.165, 1.54) is 22.8 Å². The van der Waals surface area contributed by atoms with E-state index in [0.717, 1.165) is 12.8 Å². The highest BCUT2D eigenvalue weighted by molar-refractivity contribution is 5.77. The van der Waals surface area contributed by atoms with Crippen LogP contribution in [-0.4, -0.2) is 34.9 Å². The molecule has 0 aliphatic heterocycles. The summed E-state index contributed by atoms with van der Waals surface area (Å²) < 4.78 is 28.3. The highest BCUT2D eigenvalue weighted by Gasteiger charge is 2.26. The molecule has 3 N–H and O–H groups in total. The summed E-state index contributed by atoms with van der Waals surface area (Å²) in [6.45, 7) is 6.97. The third-order valence-corrected chi connectivity index (χ3v) is 7.33. The van der Waals surface area contributed by atoms with Gasteiger partial charge in [-0.05, 0) is 94.3 Å². The Kier molecular flexibility index (Phi) is 8.54. The van der Waals surface area contributed by atoms with Crippen LogP contribution in [0.5, 0.6) is 17.2 Å². The fourth-order valence-electron chi connectivity index (χ4n) is 5.05. The Hall–Kier alpha value is -3.85. The number of carbonyl (C=O) groups is 1. The zero-order chi connectivity index (χ0) is 29.2. The number of hydrogen-bond acceptors (Lipinski definition) is 5. The van der Waals surface area contributed by atoms with Crippen LogP contribution in [0.25, 0.3) is 11.1 Å². The topological polar surface area (TPSA) is 102 Å². The average molecular weight is 552 g/mol. The molecule has 1 aliphatic carbocycles. The van der Waals surface area contributed by atoms with Gasteiger partial charge in [0.15, 0.2) is 0 Å². The molecule has 214 valence electrons. The Morgan fingerprint density at radius 1 is 1.02 bits per heavy atom. The van der Waals surface area contributed by atoms with Crippen molar-refractivity contribution in [2.75, 3.05) is 7.05 Å². The second-order valence-electron chi connectivity index (χ2n) is 11.1. The van der Waals surface area contributed by atoms with E-state index in [-0.39, 0.29) is 29.6 Å². The van der Waals surface area contributed by atoms with Gasteiger partial charge in [-0.1, -0.05) is 6.07 Å². The van der Waals surface area contributed by atoms with Gasteiger partial charge in [0.1, 0.15) is 23.1 Å². The molecule has 40 heavy (non-hydrogen) atoms. The largest absolute Gasteiger partial charge is 0.490 e. The van der Waals surface area contributed by atoms with Crippen molar-refractivity contribution in [3.63, 3.8) is 0 Å². The van der Waals surface area contributed by atoms with Crippen molar-refractivity contribution in [3.05, 3.63) is 75.5 Å². The first-order valence-electron chi connectivity index (χ1n) is 13.5. The summed E-state index contributed by atoms with van der Waals surface area (Å²) in [5.41, 5.74) is 1.85. The lowest BCUT2D eigenvalue weighted by atomic mass is 9.92. The van der Waals surface area contributed by atoms with Gasteiger partial charge in [-0.2, -0.15) is 0 Å². The highest BCUT2D eigenvalue weighted by atomic mass is 19.1. The zero-order valence-electron chi connectivity index (χ0n) is 23.9. The van der Waals surface area contributed by atoms with Gasteiger partial charge in [-0.3, -0.25) is 4.79 Å². The van der Waals surface area contributed by atoms with Crippen LogP contribution < -0.4 is 25.7 Å². The summed E-state index contributed by atoms with van der Waals surface area (Å²) in [6.07, 6.45) is 4.50. The molecule has 9 heteroatoms. The molecular weight excluding hydrogens is 513 g/mol. The molecule has 0 radical (unpaired) electrons. The molecule has 0 unspecified atom stereocenters. The molecule has 1 aromatic heterocycles. The minimum Gasteiger partial charge on any atom is -0.490 e. The third-order valence-electron chi connectivity index (χ3n) is 7.33. The third kappa shape index (κ3) is 6.65. The highest BCUT2D eigenvalue weighted by Crippen LogP contribution is 2.42. The summed E-state index contributed by atoms with van der Waals surface area (Å²) in [5, 5.41) is 16.3. The van der Waals surface area contributed by atoms with E-state index in [9.17, 15) is 19.1 Å². The number of carbonyl (C=O) groups excluding carboxylic acids is 1. The maximum atomic E-state index is 14.0. The first kappa shape index (κ1) is 29.1. The molecule has 8 nitrogen and oxygen atoms in total. The van der Waals surface area contributed by atoms with Gasteiger partial charge < -0.3 is 29.8 Å². The number of halogens is 1. The molecule has 2 amide bonds. The first-order chi connectivity index (χ1) is 18.8. The van der Waals surface area contributed by atoms with E-state index in [2.05, 4.69) is 10.6 Å².